The first-order valence-corrected chi connectivity index (χ1v) is 6.89. The minimum Gasteiger partial charge on any atom is -0.367 e. The molecule has 1 saturated heterocycles. The molecule has 0 aliphatic carbocycles. The third-order valence-electron chi connectivity index (χ3n) is 3.40. The van der Waals surface area contributed by atoms with Gasteiger partial charge in [-0.05, 0) is 12.1 Å². The molecular weight excluding hydrogens is 259 g/mol. The summed E-state index contributed by atoms with van der Waals surface area (Å²) in [7, 11) is 0. The summed E-state index contributed by atoms with van der Waals surface area (Å²) in [5.74, 6) is -0.198. The van der Waals surface area contributed by atoms with Crippen molar-refractivity contribution in [2.45, 2.75) is 0 Å². The van der Waals surface area contributed by atoms with Gasteiger partial charge in [-0.15, -0.1) is 0 Å². The summed E-state index contributed by atoms with van der Waals surface area (Å²) in [4.78, 5) is 15.7. The van der Waals surface area contributed by atoms with Crippen molar-refractivity contribution in [3.8, 4) is 0 Å². The van der Waals surface area contributed by atoms with Gasteiger partial charge in [0.05, 0.1) is 12.2 Å². The van der Waals surface area contributed by atoms with E-state index in [9.17, 15) is 9.18 Å². The predicted octanol–water partition coefficient (Wildman–Crippen LogP) is 0.0226. The molecule has 1 aromatic rings. The molecule has 3 N–H and O–H groups in total. The maximum atomic E-state index is 13.7. The van der Waals surface area contributed by atoms with E-state index in [2.05, 4.69) is 10.2 Å². The molecule has 0 unspecified atom stereocenters. The smallest absolute Gasteiger partial charge is 0.234 e. The Hall–Kier alpha value is -1.66. The van der Waals surface area contributed by atoms with Gasteiger partial charge in [-0.2, -0.15) is 0 Å². The molecule has 0 atom stereocenters. The van der Waals surface area contributed by atoms with E-state index in [0.29, 0.717) is 25.3 Å². The molecule has 1 amide bonds. The average molecular weight is 280 g/mol. The van der Waals surface area contributed by atoms with Crippen LogP contribution in [0.15, 0.2) is 24.3 Å². The van der Waals surface area contributed by atoms with Crippen LogP contribution in [0.2, 0.25) is 0 Å². The summed E-state index contributed by atoms with van der Waals surface area (Å²) in [6, 6.07) is 6.79. The van der Waals surface area contributed by atoms with Crippen molar-refractivity contribution in [1.29, 1.82) is 0 Å². The molecular formula is C14H21FN4O. The van der Waals surface area contributed by atoms with Crippen LogP contribution >= 0.6 is 0 Å². The van der Waals surface area contributed by atoms with Crippen LogP contribution < -0.4 is 16.0 Å². The Morgan fingerprint density at radius 3 is 2.60 bits per heavy atom. The zero-order chi connectivity index (χ0) is 14.4. The lowest BCUT2D eigenvalue weighted by Gasteiger charge is -2.35. The fraction of sp³-hybridized carbons (Fsp3) is 0.500. The number of hydrogen-bond acceptors (Lipinski definition) is 4. The fourth-order valence-corrected chi connectivity index (χ4v) is 2.33. The highest BCUT2D eigenvalue weighted by molar-refractivity contribution is 5.78. The molecule has 1 aliphatic heterocycles. The summed E-state index contributed by atoms with van der Waals surface area (Å²) < 4.78 is 13.7. The number of nitrogens with one attached hydrogen (secondary N) is 1. The largest absolute Gasteiger partial charge is 0.367 e. The first-order valence-electron chi connectivity index (χ1n) is 6.89. The molecule has 0 bridgehead atoms. The summed E-state index contributed by atoms with van der Waals surface area (Å²) in [5.41, 5.74) is 5.97. The van der Waals surface area contributed by atoms with Gasteiger partial charge in [0, 0.05) is 39.3 Å². The third kappa shape index (κ3) is 3.91. The topological polar surface area (TPSA) is 61.6 Å². The number of rotatable bonds is 5. The van der Waals surface area contributed by atoms with E-state index in [4.69, 9.17) is 5.73 Å². The highest BCUT2D eigenvalue weighted by atomic mass is 19.1. The normalized spacial score (nSPS) is 16.2. The number of nitrogens with two attached hydrogens (primary N) is 1. The van der Waals surface area contributed by atoms with Gasteiger partial charge < -0.3 is 16.0 Å². The fourth-order valence-electron chi connectivity index (χ4n) is 2.33. The van der Waals surface area contributed by atoms with Crippen LogP contribution in [0.5, 0.6) is 0 Å². The predicted molar refractivity (Wildman–Crippen MR) is 77.1 cm³/mol. The summed E-state index contributed by atoms with van der Waals surface area (Å²) in [6.07, 6.45) is 0. The number of piperazine rings is 1. The minimum atomic E-state index is -0.193. The van der Waals surface area contributed by atoms with E-state index < -0.39 is 0 Å². The molecule has 0 saturated carbocycles. The van der Waals surface area contributed by atoms with Crippen LogP contribution in [0.25, 0.3) is 0 Å². The van der Waals surface area contributed by atoms with E-state index in [1.54, 1.807) is 12.1 Å². The molecule has 6 heteroatoms. The van der Waals surface area contributed by atoms with Gasteiger partial charge in [-0.25, -0.2) is 4.39 Å². The molecule has 1 aromatic carbocycles. The van der Waals surface area contributed by atoms with Crippen molar-refractivity contribution in [2.24, 2.45) is 5.73 Å². The highest BCUT2D eigenvalue weighted by Crippen LogP contribution is 2.19. The Kier molecular flexibility index (Phi) is 5.31. The Bertz CT molecular complexity index is 447. The molecule has 20 heavy (non-hydrogen) atoms. The number of hydrogen-bond donors (Lipinski definition) is 2. The number of halogens is 1. The van der Waals surface area contributed by atoms with E-state index in [1.165, 1.54) is 6.07 Å². The van der Waals surface area contributed by atoms with Crippen molar-refractivity contribution in [2.75, 3.05) is 50.7 Å². The number of nitrogens with zero attached hydrogens (tertiary/aromatic N) is 2. The Morgan fingerprint density at radius 1 is 1.25 bits per heavy atom. The summed E-state index contributed by atoms with van der Waals surface area (Å²) in [6.45, 7) is 4.30. The van der Waals surface area contributed by atoms with Crippen molar-refractivity contribution >= 4 is 11.6 Å². The Balaban J connectivity index is 1.81. The molecule has 110 valence electrons. The minimum absolute atomic E-state index is 0.00482. The SMILES string of the molecule is NCCNC(=O)CN1CCN(c2ccccc2F)CC1. The molecule has 0 radical (unpaired) electrons. The van der Waals surface area contributed by atoms with E-state index in [-0.39, 0.29) is 11.7 Å². The molecule has 1 heterocycles. The van der Waals surface area contributed by atoms with Crippen molar-refractivity contribution in [1.82, 2.24) is 10.2 Å². The van der Waals surface area contributed by atoms with Gasteiger partial charge in [0.25, 0.3) is 0 Å². The quantitative estimate of drug-likeness (QED) is 0.798. The molecule has 0 spiro atoms. The molecule has 2 rings (SSSR count). The number of amides is 1. The van der Waals surface area contributed by atoms with Crippen LogP contribution in [-0.4, -0.2) is 56.6 Å². The van der Waals surface area contributed by atoms with Crippen LogP contribution in [0.3, 0.4) is 0 Å². The number of carbonyl (C=O) groups is 1. The van der Waals surface area contributed by atoms with Crippen molar-refractivity contribution in [3.63, 3.8) is 0 Å². The lowest BCUT2D eigenvalue weighted by Crippen LogP contribution is -2.50. The Labute approximate surface area is 118 Å². The second kappa shape index (κ2) is 7.21. The number of benzene rings is 1. The van der Waals surface area contributed by atoms with Crippen molar-refractivity contribution < 1.29 is 9.18 Å². The first-order chi connectivity index (χ1) is 9.70. The van der Waals surface area contributed by atoms with E-state index >= 15 is 0 Å². The standard InChI is InChI=1S/C14H21FN4O/c15-12-3-1-2-4-13(12)19-9-7-18(8-10-19)11-14(20)17-6-5-16/h1-4H,5-11,16H2,(H,17,20). The molecule has 0 aromatic heterocycles. The lowest BCUT2D eigenvalue weighted by atomic mass is 10.2. The summed E-state index contributed by atoms with van der Waals surface area (Å²) >= 11 is 0. The zero-order valence-corrected chi connectivity index (χ0v) is 11.5. The van der Waals surface area contributed by atoms with Crippen LogP contribution in [-0.2, 0) is 4.79 Å². The first kappa shape index (κ1) is 14.7. The number of para-hydroxylation sites is 1. The zero-order valence-electron chi connectivity index (χ0n) is 11.5. The van der Waals surface area contributed by atoms with Crippen molar-refractivity contribution in [3.05, 3.63) is 30.1 Å². The van der Waals surface area contributed by atoms with Crippen LogP contribution in [0, 0.1) is 5.82 Å². The molecule has 5 nitrogen and oxygen atoms in total. The Morgan fingerprint density at radius 2 is 1.95 bits per heavy atom. The number of anilines is 1. The maximum absolute atomic E-state index is 13.7. The van der Waals surface area contributed by atoms with Crippen LogP contribution in [0.4, 0.5) is 10.1 Å². The van der Waals surface area contributed by atoms with Gasteiger partial charge in [0.1, 0.15) is 5.82 Å². The lowest BCUT2D eigenvalue weighted by molar-refractivity contribution is -0.122. The third-order valence-corrected chi connectivity index (χ3v) is 3.40. The van der Waals surface area contributed by atoms with Crippen LogP contribution in [0.1, 0.15) is 0 Å². The molecule has 1 aliphatic rings. The van der Waals surface area contributed by atoms with Gasteiger partial charge in [0.2, 0.25) is 5.91 Å². The maximum Gasteiger partial charge on any atom is 0.234 e. The molecule has 1 fully saturated rings. The second-order valence-corrected chi connectivity index (χ2v) is 4.85. The van der Waals surface area contributed by atoms with Gasteiger partial charge in [-0.1, -0.05) is 12.1 Å². The van der Waals surface area contributed by atoms with Gasteiger partial charge in [0.15, 0.2) is 0 Å². The van der Waals surface area contributed by atoms with Gasteiger partial charge >= 0.3 is 0 Å². The number of carbonyl (C=O) groups excluding carboxylic acids is 1. The highest BCUT2D eigenvalue weighted by Gasteiger charge is 2.20. The average Bonchev–Trinajstić information content (AvgIpc) is 2.47. The van der Waals surface area contributed by atoms with E-state index in [0.717, 1.165) is 26.2 Å². The van der Waals surface area contributed by atoms with Gasteiger partial charge in [-0.3, -0.25) is 9.69 Å². The second-order valence-electron chi connectivity index (χ2n) is 4.85. The monoisotopic (exact) mass is 280 g/mol. The summed E-state index contributed by atoms with van der Waals surface area (Å²) in [5, 5.41) is 2.75. The van der Waals surface area contributed by atoms with E-state index in [1.807, 2.05) is 11.0 Å².